The third-order valence-electron chi connectivity index (χ3n) is 6.19. The van der Waals surface area contributed by atoms with E-state index in [9.17, 15) is 14.4 Å². The molecule has 0 radical (unpaired) electrons. The number of ketones is 2. The summed E-state index contributed by atoms with van der Waals surface area (Å²) in [5, 5.41) is 0. The highest BCUT2D eigenvalue weighted by molar-refractivity contribution is 6.16. The smallest absolute Gasteiger partial charge is 0.328 e. The number of esters is 1. The van der Waals surface area contributed by atoms with Gasteiger partial charge in [0.05, 0.1) is 5.92 Å². The monoisotopic (exact) mass is 474 g/mol. The number of hydrogen-bond donors (Lipinski definition) is 1. The summed E-state index contributed by atoms with van der Waals surface area (Å²) in [7, 11) is 3.96. The quantitative estimate of drug-likeness (QED) is 0.259. The van der Waals surface area contributed by atoms with Crippen molar-refractivity contribution < 1.29 is 19.1 Å². The Morgan fingerprint density at radius 1 is 1.03 bits per heavy atom. The van der Waals surface area contributed by atoms with Crippen LogP contribution in [0.15, 0.2) is 60.2 Å². The molecule has 3 rings (SSSR count). The van der Waals surface area contributed by atoms with Crippen LogP contribution in [0.5, 0.6) is 5.75 Å². The Labute approximate surface area is 207 Å². The number of anilines is 1. The normalized spacial score (nSPS) is 18.2. The van der Waals surface area contributed by atoms with Crippen LogP contribution in [0.4, 0.5) is 5.69 Å². The number of benzene rings is 2. The molecule has 0 aliphatic heterocycles. The SMILES string of the molecule is CC(C)C(N)C(=O)Oc1ccc(C=CC(=O)C2CCCC(=Cc3ccc(N(C)C)cc3)C2=O)cc1. The summed E-state index contributed by atoms with van der Waals surface area (Å²) in [4.78, 5) is 39.9. The lowest BCUT2D eigenvalue weighted by Gasteiger charge is -2.21. The number of rotatable bonds is 8. The third kappa shape index (κ3) is 6.99. The predicted molar refractivity (Wildman–Crippen MR) is 140 cm³/mol. The molecule has 1 aliphatic rings. The molecule has 2 aromatic carbocycles. The van der Waals surface area contributed by atoms with Gasteiger partial charge >= 0.3 is 5.97 Å². The zero-order chi connectivity index (χ0) is 25.5. The predicted octanol–water partition coefficient (Wildman–Crippen LogP) is 4.68. The molecule has 6 heteroatoms. The van der Waals surface area contributed by atoms with Crippen LogP contribution < -0.4 is 15.4 Å². The molecule has 0 heterocycles. The van der Waals surface area contributed by atoms with E-state index in [1.165, 1.54) is 6.08 Å². The number of hydrogen-bond acceptors (Lipinski definition) is 6. The van der Waals surface area contributed by atoms with E-state index >= 15 is 0 Å². The molecule has 0 saturated heterocycles. The fourth-order valence-electron chi connectivity index (χ4n) is 3.86. The maximum Gasteiger partial charge on any atom is 0.328 e. The van der Waals surface area contributed by atoms with E-state index in [2.05, 4.69) is 0 Å². The molecule has 1 saturated carbocycles. The Hall–Kier alpha value is -3.51. The first-order valence-corrected chi connectivity index (χ1v) is 12.0. The van der Waals surface area contributed by atoms with Crippen LogP contribution in [0, 0.1) is 11.8 Å². The van der Waals surface area contributed by atoms with Crippen molar-refractivity contribution in [3.8, 4) is 5.75 Å². The topological polar surface area (TPSA) is 89.7 Å². The third-order valence-corrected chi connectivity index (χ3v) is 6.19. The van der Waals surface area contributed by atoms with Gasteiger partial charge < -0.3 is 15.4 Å². The molecule has 6 nitrogen and oxygen atoms in total. The van der Waals surface area contributed by atoms with Crippen molar-refractivity contribution in [2.45, 2.75) is 39.2 Å². The Morgan fingerprint density at radius 2 is 1.66 bits per heavy atom. The van der Waals surface area contributed by atoms with Gasteiger partial charge in [-0.05, 0) is 78.3 Å². The Bertz CT molecular complexity index is 1110. The summed E-state index contributed by atoms with van der Waals surface area (Å²) in [6, 6.07) is 14.1. The Balaban J connectivity index is 1.63. The standard InChI is InChI=1S/C29H34N2O4/c1-19(2)27(30)29(34)35-24-15-10-20(11-16-24)12-17-26(32)25-7-5-6-22(28(25)33)18-21-8-13-23(14-9-21)31(3)4/h8-19,25,27H,5-7,30H2,1-4H3. The maximum atomic E-state index is 13.0. The van der Waals surface area contributed by atoms with Crippen LogP contribution in [-0.2, 0) is 14.4 Å². The van der Waals surface area contributed by atoms with Crippen LogP contribution in [0.25, 0.3) is 12.2 Å². The Morgan fingerprint density at radius 3 is 2.26 bits per heavy atom. The average Bonchev–Trinajstić information content (AvgIpc) is 2.84. The second kappa shape index (κ2) is 11.8. The van der Waals surface area contributed by atoms with Crippen molar-refractivity contribution in [1.82, 2.24) is 0 Å². The van der Waals surface area contributed by atoms with Gasteiger partial charge in [-0.3, -0.25) is 9.59 Å². The molecule has 35 heavy (non-hydrogen) atoms. The molecule has 2 unspecified atom stereocenters. The highest BCUT2D eigenvalue weighted by Gasteiger charge is 2.30. The van der Waals surface area contributed by atoms with E-state index in [0.717, 1.165) is 23.2 Å². The van der Waals surface area contributed by atoms with Crippen LogP contribution in [0.2, 0.25) is 0 Å². The van der Waals surface area contributed by atoms with Crippen molar-refractivity contribution >= 4 is 35.4 Å². The van der Waals surface area contributed by atoms with Gasteiger partial charge in [-0.25, -0.2) is 4.79 Å². The maximum absolute atomic E-state index is 13.0. The first-order valence-electron chi connectivity index (χ1n) is 12.0. The molecule has 0 amide bonds. The molecule has 2 N–H and O–H groups in total. The number of carbonyl (C=O) groups is 3. The fourth-order valence-corrected chi connectivity index (χ4v) is 3.86. The largest absolute Gasteiger partial charge is 0.425 e. The van der Waals surface area contributed by atoms with E-state index in [1.54, 1.807) is 30.3 Å². The van der Waals surface area contributed by atoms with Crippen molar-refractivity contribution in [2.24, 2.45) is 17.6 Å². The molecule has 1 fully saturated rings. The molecule has 1 aliphatic carbocycles. The van der Waals surface area contributed by atoms with Gasteiger partial charge in [-0.15, -0.1) is 0 Å². The number of nitrogens with zero attached hydrogens (tertiary/aromatic N) is 1. The highest BCUT2D eigenvalue weighted by atomic mass is 16.5. The minimum absolute atomic E-state index is 0.0165. The lowest BCUT2D eigenvalue weighted by Crippen LogP contribution is -2.38. The fraction of sp³-hybridized carbons (Fsp3) is 0.345. The number of ether oxygens (including phenoxy) is 1. The van der Waals surface area contributed by atoms with E-state index < -0.39 is 17.9 Å². The van der Waals surface area contributed by atoms with E-state index in [0.29, 0.717) is 24.2 Å². The first kappa shape index (κ1) is 26.1. The zero-order valence-corrected chi connectivity index (χ0v) is 20.9. The van der Waals surface area contributed by atoms with E-state index in [4.69, 9.17) is 10.5 Å². The summed E-state index contributed by atoms with van der Waals surface area (Å²) in [6.07, 6.45) is 7.09. The van der Waals surface area contributed by atoms with Gasteiger partial charge in [0.2, 0.25) is 0 Å². The lowest BCUT2D eigenvalue weighted by molar-refractivity contribution is -0.137. The van der Waals surface area contributed by atoms with Crippen molar-refractivity contribution in [1.29, 1.82) is 0 Å². The average molecular weight is 475 g/mol. The van der Waals surface area contributed by atoms with Gasteiger partial charge in [0.1, 0.15) is 11.8 Å². The number of nitrogens with two attached hydrogens (primary N) is 1. The lowest BCUT2D eigenvalue weighted by atomic mass is 9.81. The molecule has 184 valence electrons. The minimum Gasteiger partial charge on any atom is -0.425 e. The van der Waals surface area contributed by atoms with Crippen LogP contribution in [0.1, 0.15) is 44.2 Å². The summed E-state index contributed by atoms with van der Waals surface area (Å²) < 4.78 is 5.30. The summed E-state index contributed by atoms with van der Waals surface area (Å²) >= 11 is 0. The molecule has 0 bridgehead atoms. The van der Waals surface area contributed by atoms with Gasteiger partial charge in [0.15, 0.2) is 11.6 Å². The van der Waals surface area contributed by atoms with Crippen LogP contribution >= 0.6 is 0 Å². The highest BCUT2D eigenvalue weighted by Crippen LogP contribution is 2.28. The molecule has 2 aromatic rings. The number of Topliss-reactive ketones (excluding diaryl/α,β-unsaturated/α-hetero) is 1. The molecular weight excluding hydrogens is 440 g/mol. The summed E-state index contributed by atoms with van der Waals surface area (Å²) in [5.41, 5.74) is 9.33. The van der Waals surface area contributed by atoms with Gasteiger partial charge in [-0.1, -0.05) is 44.2 Å². The Kier molecular flexibility index (Phi) is 8.77. The molecule has 2 atom stereocenters. The molecule has 0 spiro atoms. The summed E-state index contributed by atoms with van der Waals surface area (Å²) in [5.74, 6) is -1.03. The van der Waals surface area contributed by atoms with Crippen LogP contribution in [-0.4, -0.2) is 37.7 Å². The van der Waals surface area contributed by atoms with Crippen LogP contribution in [0.3, 0.4) is 0 Å². The van der Waals surface area contributed by atoms with Gasteiger partial charge in [0.25, 0.3) is 0 Å². The first-order chi connectivity index (χ1) is 16.7. The van der Waals surface area contributed by atoms with Gasteiger partial charge in [-0.2, -0.15) is 0 Å². The van der Waals surface area contributed by atoms with Gasteiger partial charge in [0, 0.05) is 19.8 Å². The van der Waals surface area contributed by atoms with Crippen molar-refractivity contribution in [3.63, 3.8) is 0 Å². The van der Waals surface area contributed by atoms with Crippen molar-refractivity contribution in [2.75, 3.05) is 19.0 Å². The minimum atomic E-state index is -0.684. The second-order valence-corrected chi connectivity index (χ2v) is 9.46. The van der Waals surface area contributed by atoms with E-state index in [1.807, 2.05) is 63.2 Å². The number of allylic oxidation sites excluding steroid dienone is 2. The van der Waals surface area contributed by atoms with Crippen molar-refractivity contribution in [3.05, 3.63) is 71.3 Å². The summed E-state index contributed by atoms with van der Waals surface area (Å²) in [6.45, 7) is 3.71. The second-order valence-electron chi connectivity index (χ2n) is 9.46. The zero-order valence-electron chi connectivity index (χ0n) is 20.9. The number of carbonyl (C=O) groups excluding carboxylic acids is 3. The van der Waals surface area contributed by atoms with E-state index in [-0.39, 0.29) is 17.5 Å². The molecule has 0 aromatic heterocycles. The molecular formula is C29H34N2O4.